The molecular formula is C36H43FN6O6. The molecule has 12 nitrogen and oxygen atoms in total. The highest BCUT2D eigenvalue weighted by molar-refractivity contribution is 5.97. The first kappa shape index (κ1) is 33.0. The van der Waals surface area contributed by atoms with Crippen LogP contribution >= 0.6 is 0 Å². The molecule has 1 aromatic carbocycles. The Kier molecular flexibility index (Phi) is 8.58. The summed E-state index contributed by atoms with van der Waals surface area (Å²) in [4.78, 5) is 45.2. The minimum absolute atomic E-state index is 0.0484. The van der Waals surface area contributed by atoms with E-state index in [1.165, 1.54) is 24.5 Å². The first-order valence-corrected chi connectivity index (χ1v) is 16.9. The predicted octanol–water partition coefficient (Wildman–Crippen LogP) is 5.74. The van der Waals surface area contributed by atoms with Gasteiger partial charge in [0.25, 0.3) is 5.91 Å². The maximum absolute atomic E-state index is 14.5. The number of carbonyl (C=O) groups is 2. The van der Waals surface area contributed by atoms with Crippen molar-refractivity contribution in [1.82, 2.24) is 24.8 Å². The molecule has 3 aliphatic heterocycles. The lowest BCUT2D eigenvalue weighted by Gasteiger charge is -2.58. The van der Waals surface area contributed by atoms with E-state index in [4.69, 9.17) is 18.9 Å². The van der Waals surface area contributed by atoms with E-state index in [1.807, 2.05) is 40.7 Å². The van der Waals surface area contributed by atoms with E-state index < -0.39 is 11.4 Å². The van der Waals surface area contributed by atoms with Crippen LogP contribution in [-0.4, -0.2) is 86.8 Å². The quantitative estimate of drug-likeness (QED) is 0.293. The fourth-order valence-electron chi connectivity index (χ4n) is 7.35. The number of halogens is 1. The Labute approximate surface area is 285 Å². The normalized spacial score (nSPS) is 19.8. The zero-order valence-electron chi connectivity index (χ0n) is 28.6. The third-order valence-electron chi connectivity index (χ3n) is 9.55. The highest BCUT2D eigenvalue weighted by Crippen LogP contribution is 2.52. The summed E-state index contributed by atoms with van der Waals surface area (Å²) >= 11 is 0. The average Bonchev–Trinajstić information content (AvgIpc) is 3.69. The highest BCUT2D eigenvalue weighted by atomic mass is 19.1. The molecule has 5 heterocycles. The second kappa shape index (κ2) is 12.7. The van der Waals surface area contributed by atoms with Crippen LogP contribution < -0.4 is 14.4 Å². The lowest BCUT2D eigenvalue weighted by Crippen LogP contribution is -2.65. The van der Waals surface area contributed by atoms with Crippen molar-refractivity contribution in [3.63, 3.8) is 0 Å². The van der Waals surface area contributed by atoms with Gasteiger partial charge in [0, 0.05) is 42.9 Å². The van der Waals surface area contributed by atoms with Crippen LogP contribution in [0.4, 0.5) is 15.0 Å². The summed E-state index contributed by atoms with van der Waals surface area (Å²) in [5.41, 5.74) is 1.42. The van der Waals surface area contributed by atoms with Crippen LogP contribution in [0.15, 0.2) is 43.0 Å². The van der Waals surface area contributed by atoms with Crippen molar-refractivity contribution in [2.45, 2.75) is 90.8 Å². The molecule has 2 aromatic heterocycles. The molecule has 260 valence electrons. The van der Waals surface area contributed by atoms with E-state index in [2.05, 4.69) is 19.9 Å². The summed E-state index contributed by atoms with van der Waals surface area (Å²) in [5.74, 6) is 1.20. The van der Waals surface area contributed by atoms with Crippen LogP contribution in [-0.2, 0) is 22.6 Å². The first-order chi connectivity index (χ1) is 23.4. The maximum Gasteiger partial charge on any atom is 0.410 e. The SMILES string of the molecule is CC(C)N(C(=O)c1cc(F)ccc1Oc1cncnc1N1CC2(CC(Oc3ccnc4c3CN(C(=O)OC(C)(C)C)C4)C2)C1)[C@@H]1CCOC1. The number of aromatic nitrogens is 3. The lowest BCUT2D eigenvalue weighted by molar-refractivity contribution is -0.0349. The number of anilines is 1. The molecule has 2 saturated heterocycles. The van der Waals surface area contributed by atoms with Gasteiger partial charge in [-0.15, -0.1) is 0 Å². The summed E-state index contributed by atoms with van der Waals surface area (Å²) < 4.78 is 38.4. The number of pyridine rings is 1. The summed E-state index contributed by atoms with van der Waals surface area (Å²) in [6.07, 6.45) is 6.95. The van der Waals surface area contributed by atoms with E-state index in [0.29, 0.717) is 37.9 Å². The molecule has 49 heavy (non-hydrogen) atoms. The van der Waals surface area contributed by atoms with Crippen molar-refractivity contribution in [2.75, 3.05) is 31.2 Å². The van der Waals surface area contributed by atoms with Crippen molar-refractivity contribution in [3.8, 4) is 17.2 Å². The van der Waals surface area contributed by atoms with Crippen LogP contribution in [0.2, 0.25) is 0 Å². The number of carbonyl (C=O) groups excluding carboxylic acids is 2. The number of fused-ring (bicyclic) bond motifs is 1. The second-order valence-corrected chi connectivity index (χ2v) is 14.9. The average molecular weight is 675 g/mol. The van der Waals surface area contributed by atoms with Gasteiger partial charge in [-0.3, -0.25) is 14.7 Å². The fourth-order valence-corrected chi connectivity index (χ4v) is 7.35. The lowest BCUT2D eigenvalue weighted by atomic mass is 9.61. The van der Waals surface area contributed by atoms with Gasteiger partial charge in [0.2, 0.25) is 0 Å². The van der Waals surface area contributed by atoms with Gasteiger partial charge in [-0.1, -0.05) is 0 Å². The summed E-state index contributed by atoms with van der Waals surface area (Å²) in [5, 5.41) is 0. The van der Waals surface area contributed by atoms with E-state index in [9.17, 15) is 14.0 Å². The van der Waals surface area contributed by atoms with E-state index in [0.717, 1.165) is 49.4 Å². The van der Waals surface area contributed by atoms with Gasteiger partial charge in [0.15, 0.2) is 11.6 Å². The Morgan fingerprint density at radius 3 is 2.59 bits per heavy atom. The molecule has 7 rings (SSSR count). The highest BCUT2D eigenvalue weighted by Gasteiger charge is 2.54. The summed E-state index contributed by atoms with van der Waals surface area (Å²) in [6.45, 7) is 12.8. The topological polar surface area (TPSA) is 119 Å². The third-order valence-corrected chi connectivity index (χ3v) is 9.55. The number of ether oxygens (including phenoxy) is 4. The van der Waals surface area contributed by atoms with E-state index in [1.54, 1.807) is 22.2 Å². The molecule has 1 aliphatic carbocycles. The Morgan fingerprint density at radius 2 is 1.88 bits per heavy atom. The van der Waals surface area contributed by atoms with Gasteiger partial charge in [-0.2, -0.15) is 0 Å². The summed E-state index contributed by atoms with van der Waals surface area (Å²) in [7, 11) is 0. The standard InChI is InChI=1S/C36H43FN6O6/c1-22(2)43(24-9-11-46-18-24)33(44)26-12-23(37)6-7-29(26)48-31-15-38-21-40-32(31)42-19-36(20-42)13-25(14-36)47-30-8-10-39-28-17-41(16-27(28)30)34(45)49-35(3,4)5/h6-8,10,12,15,21-22,24-25H,9,11,13-14,16-20H2,1-5H3/t24-/m1/s1. The van der Waals surface area contributed by atoms with Crippen molar-refractivity contribution in [3.05, 3.63) is 65.6 Å². The number of nitrogens with zero attached hydrogens (tertiary/aromatic N) is 6. The van der Waals surface area contributed by atoms with Gasteiger partial charge >= 0.3 is 6.09 Å². The molecule has 3 fully saturated rings. The molecule has 3 aromatic rings. The molecule has 1 saturated carbocycles. The van der Waals surface area contributed by atoms with Crippen LogP contribution in [0.5, 0.6) is 17.2 Å². The monoisotopic (exact) mass is 674 g/mol. The Morgan fingerprint density at radius 1 is 1.08 bits per heavy atom. The molecule has 1 atom stereocenters. The molecule has 0 N–H and O–H groups in total. The minimum Gasteiger partial charge on any atom is -0.490 e. The van der Waals surface area contributed by atoms with Crippen LogP contribution in [0, 0.1) is 11.2 Å². The van der Waals surface area contributed by atoms with Gasteiger partial charge in [0.1, 0.15) is 35.3 Å². The Bertz CT molecular complexity index is 1730. The van der Waals surface area contributed by atoms with Crippen LogP contribution in [0.3, 0.4) is 0 Å². The Hall–Kier alpha value is -4.52. The van der Waals surface area contributed by atoms with Gasteiger partial charge in [-0.25, -0.2) is 19.2 Å². The molecule has 2 amide bonds. The fraction of sp³-hybridized carbons (Fsp3) is 0.528. The van der Waals surface area contributed by atoms with Crippen molar-refractivity contribution < 1.29 is 32.9 Å². The zero-order valence-corrected chi connectivity index (χ0v) is 28.6. The molecule has 4 aliphatic rings. The number of hydrogen-bond donors (Lipinski definition) is 0. The Balaban J connectivity index is 0.992. The zero-order chi connectivity index (χ0) is 34.5. The second-order valence-electron chi connectivity index (χ2n) is 14.9. The van der Waals surface area contributed by atoms with Crippen LogP contribution in [0.1, 0.15) is 75.5 Å². The third kappa shape index (κ3) is 6.72. The first-order valence-electron chi connectivity index (χ1n) is 16.9. The number of benzene rings is 1. The summed E-state index contributed by atoms with van der Waals surface area (Å²) in [6, 6.07) is 5.68. The molecule has 13 heteroatoms. The molecule has 1 spiro atoms. The predicted molar refractivity (Wildman–Crippen MR) is 177 cm³/mol. The van der Waals surface area contributed by atoms with Crippen molar-refractivity contribution in [1.29, 1.82) is 0 Å². The van der Waals surface area contributed by atoms with Crippen molar-refractivity contribution in [2.24, 2.45) is 5.41 Å². The smallest absolute Gasteiger partial charge is 0.410 e. The maximum atomic E-state index is 14.5. The van der Waals surface area contributed by atoms with Gasteiger partial charge in [-0.05, 0) is 78.1 Å². The molecule has 0 unspecified atom stereocenters. The minimum atomic E-state index is -0.572. The van der Waals surface area contributed by atoms with E-state index in [-0.39, 0.29) is 46.9 Å². The largest absolute Gasteiger partial charge is 0.490 e. The van der Waals surface area contributed by atoms with E-state index >= 15 is 0 Å². The number of rotatable bonds is 8. The number of hydrogen-bond acceptors (Lipinski definition) is 10. The molecule has 0 bridgehead atoms. The van der Waals surface area contributed by atoms with Gasteiger partial charge < -0.3 is 28.7 Å². The van der Waals surface area contributed by atoms with Crippen molar-refractivity contribution >= 4 is 17.8 Å². The molecule has 0 radical (unpaired) electrons. The molecular weight excluding hydrogens is 631 g/mol. The van der Waals surface area contributed by atoms with Gasteiger partial charge in [0.05, 0.1) is 43.2 Å². The number of amides is 2. The van der Waals surface area contributed by atoms with Crippen LogP contribution in [0.25, 0.3) is 0 Å².